The minimum absolute atomic E-state index is 0.545. The highest BCUT2D eigenvalue weighted by atomic mass is 79.9. The predicted molar refractivity (Wildman–Crippen MR) is 65.8 cm³/mol. The lowest BCUT2D eigenvalue weighted by atomic mass is 10.7. The number of amides is 4. The van der Waals surface area contributed by atoms with Crippen molar-refractivity contribution in [2.45, 2.75) is 0 Å². The zero-order valence-electron chi connectivity index (χ0n) is 8.87. The van der Waals surface area contributed by atoms with Crippen LogP contribution in [0.15, 0.2) is 0 Å². The number of halogens is 1. The van der Waals surface area contributed by atoms with Crippen LogP contribution in [0.2, 0.25) is 0 Å². The van der Waals surface area contributed by atoms with Gasteiger partial charge in [0.25, 0.3) is 0 Å². The molecule has 0 bridgehead atoms. The molecule has 3 N–H and O–H groups in total. The van der Waals surface area contributed by atoms with E-state index in [0.717, 1.165) is 11.9 Å². The number of ether oxygens (including phenoxy) is 1. The zero-order chi connectivity index (χ0) is 12.6. The van der Waals surface area contributed by atoms with Crippen molar-refractivity contribution in [3.63, 3.8) is 0 Å². The summed E-state index contributed by atoms with van der Waals surface area (Å²) < 4.78 is 6.94. The van der Waals surface area contributed by atoms with Gasteiger partial charge >= 0.3 is 18.1 Å². The first-order chi connectivity index (χ1) is 7.58. The summed E-state index contributed by atoms with van der Waals surface area (Å²) in [6.45, 7) is 0. The number of nitrogens with one attached hydrogen (secondary N) is 3. The minimum Gasteiger partial charge on any atom is -0.468 e. The summed E-state index contributed by atoms with van der Waals surface area (Å²) in [5.41, 5.74) is 0. The highest BCUT2D eigenvalue weighted by Crippen LogP contribution is 2.00. The Morgan fingerprint density at radius 3 is 2.56 bits per heavy atom. The maximum atomic E-state index is 11.5. The standard InChI is InChI=1S/C7H13BrN4O3S/c1-10-6(13)12(5(9)15-2)7(14)11-16-4-3-8/h9H,3-4H2,1-2H3,(H,10,13)(H,11,14). The predicted octanol–water partition coefficient (Wildman–Crippen LogP) is 0.962. The molecular weight excluding hydrogens is 300 g/mol. The number of hydrogen-bond donors (Lipinski definition) is 3. The number of rotatable bonds is 3. The third-order valence-corrected chi connectivity index (χ3v) is 3.00. The Kier molecular flexibility index (Phi) is 7.73. The van der Waals surface area contributed by atoms with Crippen molar-refractivity contribution in [3.05, 3.63) is 0 Å². The molecule has 0 aliphatic heterocycles. The first kappa shape index (κ1) is 15.0. The van der Waals surface area contributed by atoms with Crippen LogP contribution in [0.3, 0.4) is 0 Å². The van der Waals surface area contributed by atoms with Crippen molar-refractivity contribution in [3.8, 4) is 0 Å². The molecule has 7 nitrogen and oxygen atoms in total. The Balaban J connectivity index is 4.45. The van der Waals surface area contributed by atoms with E-state index in [2.05, 4.69) is 30.7 Å². The van der Waals surface area contributed by atoms with Crippen LogP contribution in [0.5, 0.6) is 0 Å². The molecule has 0 aliphatic rings. The van der Waals surface area contributed by atoms with Crippen LogP contribution in [-0.4, -0.2) is 48.2 Å². The summed E-state index contributed by atoms with van der Waals surface area (Å²) in [5, 5.41) is 10.2. The van der Waals surface area contributed by atoms with Gasteiger partial charge in [0.15, 0.2) is 0 Å². The SMILES string of the molecule is CNC(=O)N(C(=N)OC)C(=O)NSCCBr. The number of hydrogen-bond acceptors (Lipinski definition) is 5. The molecular formula is C7H13BrN4O3S. The van der Waals surface area contributed by atoms with E-state index in [1.165, 1.54) is 14.2 Å². The van der Waals surface area contributed by atoms with Gasteiger partial charge in [-0.05, 0) is 11.9 Å². The molecule has 0 aromatic rings. The van der Waals surface area contributed by atoms with Gasteiger partial charge in [0.05, 0.1) is 7.11 Å². The van der Waals surface area contributed by atoms with Crippen LogP contribution in [0.25, 0.3) is 0 Å². The van der Waals surface area contributed by atoms with Gasteiger partial charge in [0.1, 0.15) is 0 Å². The van der Waals surface area contributed by atoms with Gasteiger partial charge in [-0.15, -0.1) is 0 Å². The number of alkyl halides is 1. The van der Waals surface area contributed by atoms with Crippen LogP contribution in [0, 0.1) is 5.41 Å². The molecule has 0 aliphatic carbocycles. The molecule has 0 fully saturated rings. The van der Waals surface area contributed by atoms with Gasteiger partial charge in [-0.3, -0.25) is 10.1 Å². The fourth-order valence-electron chi connectivity index (χ4n) is 0.677. The quantitative estimate of drug-likeness (QED) is 0.238. The number of carbonyl (C=O) groups excluding carboxylic acids is 2. The summed E-state index contributed by atoms with van der Waals surface area (Å²) in [7, 11) is 2.56. The van der Waals surface area contributed by atoms with Crippen LogP contribution in [0.4, 0.5) is 9.59 Å². The van der Waals surface area contributed by atoms with E-state index in [1.54, 1.807) is 0 Å². The van der Waals surface area contributed by atoms with Crippen molar-refractivity contribution in [2.75, 3.05) is 25.2 Å². The van der Waals surface area contributed by atoms with Crippen LogP contribution in [-0.2, 0) is 4.74 Å². The normalized spacial score (nSPS) is 9.19. The summed E-state index contributed by atoms with van der Waals surface area (Å²) >= 11 is 4.31. The van der Waals surface area contributed by atoms with E-state index in [9.17, 15) is 9.59 Å². The van der Waals surface area contributed by atoms with E-state index in [-0.39, 0.29) is 0 Å². The molecule has 0 unspecified atom stereocenters. The second-order valence-electron chi connectivity index (χ2n) is 2.34. The zero-order valence-corrected chi connectivity index (χ0v) is 11.3. The number of nitrogens with zero attached hydrogens (tertiary/aromatic N) is 1. The van der Waals surface area contributed by atoms with Crippen molar-refractivity contribution in [2.24, 2.45) is 0 Å². The molecule has 0 radical (unpaired) electrons. The van der Waals surface area contributed by atoms with Crippen LogP contribution in [0.1, 0.15) is 0 Å². The molecule has 0 aromatic heterocycles. The molecule has 0 heterocycles. The highest BCUT2D eigenvalue weighted by Gasteiger charge is 2.25. The van der Waals surface area contributed by atoms with E-state index < -0.39 is 18.1 Å². The molecule has 0 spiro atoms. The number of urea groups is 2. The number of imide groups is 1. The molecule has 0 saturated carbocycles. The first-order valence-electron chi connectivity index (χ1n) is 4.20. The van der Waals surface area contributed by atoms with Crippen LogP contribution >= 0.6 is 27.9 Å². The Labute approximate surface area is 106 Å². The van der Waals surface area contributed by atoms with E-state index >= 15 is 0 Å². The molecule has 9 heteroatoms. The summed E-state index contributed by atoms with van der Waals surface area (Å²) in [4.78, 5) is 23.4. The van der Waals surface area contributed by atoms with E-state index in [1.807, 2.05) is 0 Å². The van der Waals surface area contributed by atoms with Crippen LogP contribution < -0.4 is 10.0 Å². The van der Waals surface area contributed by atoms with E-state index in [4.69, 9.17) is 5.41 Å². The summed E-state index contributed by atoms with van der Waals surface area (Å²) in [5.74, 6) is 0.646. The average Bonchev–Trinajstić information content (AvgIpc) is 2.29. The lowest BCUT2D eigenvalue weighted by Gasteiger charge is -2.18. The van der Waals surface area contributed by atoms with Gasteiger partial charge in [-0.2, -0.15) is 4.90 Å². The van der Waals surface area contributed by atoms with Gasteiger partial charge in [0, 0.05) is 18.1 Å². The molecule has 92 valence electrons. The topological polar surface area (TPSA) is 94.5 Å². The highest BCUT2D eigenvalue weighted by molar-refractivity contribution is 9.09. The largest absolute Gasteiger partial charge is 0.468 e. The van der Waals surface area contributed by atoms with Gasteiger partial charge in [0.2, 0.25) is 0 Å². The maximum Gasteiger partial charge on any atom is 0.343 e. The Bertz CT molecular complexity index is 260. The molecule has 16 heavy (non-hydrogen) atoms. The second kappa shape index (κ2) is 8.22. The maximum absolute atomic E-state index is 11.5. The van der Waals surface area contributed by atoms with Gasteiger partial charge < -0.3 is 10.1 Å². The van der Waals surface area contributed by atoms with Gasteiger partial charge in [-0.25, -0.2) is 9.59 Å². The third kappa shape index (κ3) is 4.71. The fourth-order valence-corrected chi connectivity index (χ4v) is 1.56. The average molecular weight is 313 g/mol. The molecule has 0 atom stereocenters. The summed E-state index contributed by atoms with van der Waals surface area (Å²) in [6, 6.07) is -2.00. The Morgan fingerprint density at radius 2 is 2.12 bits per heavy atom. The minimum atomic E-state index is -0.733. The Hall–Kier alpha value is -0.960. The lowest BCUT2D eigenvalue weighted by molar-refractivity contribution is 0.199. The van der Waals surface area contributed by atoms with Gasteiger partial charge in [-0.1, -0.05) is 15.9 Å². The lowest BCUT2D eigenvalue weighted by Crippen LogP contribution is -2.49. The smallest absolute Gasteiger partial charge is 0.343 e. The van der Waals surface area contributed by atoms with Crippen molar-refractivity contribution >= 4 is 46.0 Å². The first-order valence-corrected chi connectivity index (χ1v) is 6.31. The van der Waals surface area contributed by atoms with Crippen molar-refractivity contribution in [1.82, 2.24) is 14.9 Å². The molecule has 0 aromatic carbocycles. The third-order valence-electron chi connectivity index (χ3n) is 1.36. The second-order valence-corrected chi connectivity index (χ2v) is 4.04. The number of carbonyl (C=O) groups is 2. The number of amidine groups is 1. The van der Waals surface area contributed by atoms with Crippen molar-refractivity contribution < 1.29 is 14.3 Å². The fraction of sp³-hybridized carbons (Fsp3) is 0.571. The monoisotopic (exact) mass is 312 g/mol. The van der Waals surface area contributed by atoms with E-state index in [0.29, 0.717) is 16.0 Å². The van der Waals surface area contributed by atoms with Crippen molar-refractivity contribution in [1.29, 1.82) is 5.41 Å². The molecule has 0 saturated heterocycles. The number of methoxy groups -OCH3 is 1. The molecule has 4 amide bonds. The summed E-state index contributed by atoms with van der Waals surface area (Å²) in [6.07, 6.45) is 0. The Morgan fingerprint density at radius 1 is 1.50 bits per heavy atom. The molecule has 0 rings (SSSR count).